The third-order valence-corrected chi connectivity index (χ3v) is 3.99. The average Bonchev–Trinajstić information content (AvgIpc) is 2.80. The molecule has 2 aromatic carbocycles. The molecule has 0 aliphatic rings. The molecular weight excluding hydrogens is 437 g/mol. The quantitative estimate of drug-likeness (QED) is 0.439. The molecule has 0 saturated heterocycles. The Labute approximate surface area is 180 Å². The smallest absolute Gasteiger partial charge is 0.338 e. The number of methoxy groups -OCH3 is 3. The van der Waals surface area contributed by atoms with Crippen LogP contribution in [-0.4, -0.2) is 52.3 Å². The van der Waals surface area contributed by atoms with Gasteiger partial charge in [0.2, 0.25) is 11.7 Å². The van der Waals surface area contributed by atoms with Gasteiger partial charge in [-0.2, -0.15) is 0 Å². The lowest BCUT2D eigenvalue weighted by Gasteiger charge is -2.13. The van der Waals surface area contributed by atoms with Crippen LogP contribution in [0.3, 0.4) is 0 Å². The van der Waals surface area contributed by atoms with Crippen molar-refractivity contribution in [1.29, 1.82) is 0 Å². The van der Waals surface area contributed by atoms with Gasteiger partial charge in [0.25, 0.3) is 5.91 Å². The van der Waals surface area contributed by atoms with Crippen molar-refractivity contribution in [2.75, 3.05) is 39.8 Å². The Balaban J connectivity index is 1.90. The van der Waals surface area contributed by atoms with Crippen LogP contribution in [0.25, 0.3) is 0 Å². The van der Waals surface area contributed by atoms with Gasteiger partial charge in [-0.3, -0.25) is 9.59 Å². The first kappa shape index (κ1) is 24.3. The fourth-order valence-electron chi connectivity index (χ4n) is 2.46. The molecule has 172 valence electrons. The lowest BCUT2D eigenvalue weighted by Crippen LogP contribution is -2.35. The molecule has 0 bridgehead atoms. The number of nitrogens with one attached hydrogen (secondary N) is 2. The predicted molar refractivity (Wildman–Crippen MR) is 104 cm³/mol. The summed E-state index contributed by atoms with van der Waals surface area (Å²) in [5.41, 5.74) is -0.587. The molecule has 9 nitrogen and oxygen atoms in total. The van der Waals surface area contributed by atoms with E-state index < -0.39 is 54.1 Å². The second kappa shape index (κ2) is 10.9. The minimum Gasteiger partial charge on any atom is -0.493 e. The van der Waals surface area contributed by atoms with E-state index in [4.69, 9.17) is 18.9 Å². The zero-order valence-electron chi connectivity index (χ0n) is 17.2. The summed E-state index contributed by atoms with van der Waals surface area (Å²) in [5, 5.41) is 4.11. The summed E-state index contributed by atoms with van der Waals surface area (Å²) in [6.07, 6.45) is 0. The standard InChI is InChI=1S/C20H19F3N2O7/c1-29-13-6-10(7-14(30-2)19(13)31-3)20(28)32-9-16(27)24-8-15(26)25-12-5-4-11(21)17(22)18(12)23/h4-7H,8-9H2,1-3H3,(H,24,27)(H,25,26). The Bertz CT molecular complexity index is 1010. The summed E-state index contributed by atoms with van der Waals surface area (Å²) in [7, 11) is 4.11. The second-order valence-corrected chi connectivity index (χ2v) is 6.04. The van der Waals surface area contributed by atoms with Gasteiger partial charge >= 0.3 is 5.97 Å². The van der Waals surface area contributed by atoms with Crippen LogP contribution < -0.4 is 24.8 Å². The first-order valence-electron chi connectivity index (χ1n) is 8.89. The van der Waals surface area contributed by atoms with Gasteiger partial charge < -0.3 is 29.6 Å². The summed E-state index contributed by atoms with van der Waals surface area (Å²) in [4.78, 5) is 35.8. The molecule has 2 N–H and O–H groups in total. The lowest BCUT2D eigenvalue weighted by atomic mass is 10.2. The van der Waals surface area contributed by atoms with Crippen LogP contribution in [0.5, 0.6) is 17.2 Å². The second-order valence-electron chi connectivity index (χ2n) is 6.04. The zero-order chi connectivity index (χ0) is 23.8. The van der Waals surface area contributed by atoms with Gasteiger partial charge in [0.05, 0.1) is 39.1 Å². The predicted octanol–water partition coefficient (Wildman–Crippen LogP) is 2.04. The number of anilines is 1. The molecular formula is C20H19F3N2O7. The molecule has 2 rings (SSSR count). The van der Waals surface area contributed by atoms with Crippen molar-refractivity contribution in [1.82, 2.24) is 5.32 Å². The average molecular weight is 456 g/mol. The highest BCUT2D eigenvalue weighted by Crippen LogP contribution is 2.38. The summed E-state index contributed by atoms with van der Waals surface area (Å²) < 4.78 is 59.9. The molecule has 0 saturated carbocycles. The van der Waals surface area contributed by atoms with Crippen molar-refractivity contribution in [3.8, 4) is 17.2 Å². The van der Waals surface area contributed by atoms with Crippen LogP contribution in [-0.2, 0) is 14.3 Å². The monoisotopic (exact) mass is 456 g/mol. The van der Waals surface area contributed by atoms with Crippen LogP contribution >= 0.6 is 0 Å². The van der Waals surface area contributed by atoms with Crippen LogP contribution in [0.1, 0.15) is 10.4 Å². The molecule has 0 spiro atoms. The highest BCUT2D eigenvalue weighted by Gasteiger charge is 2.19. The number of esters is 1. The van der Waals surface area contributed by atoms with Gasteiger partial charge in [-0.25, -0.2) is 18.0 Å². The van der Waals surface area contributed by atoms with E-state index in [1.54, 1.807) is 0 Å². The van der Waals surface area contributed by atoms with Crippen molar-refractivity contribution in [2.45, 2.75) is 0 Å². The van der Waals surface area contributed by atoms with Crippen LogP contribution in [0.4, 0.5) is 18.9 Å². The fourth-order valence-corrected chi connectivity index (χ4v) is 2.46. The first-order chi connectivity index (χ1) is 15.2. The molecule has 0 unspecified atom stereocenters. The Morgan fingerprint density at radius 2 is 1.50 bits per heavy atom. The highest BCUT2D eigenvalue weighted by molar-refractivity contribution is 5.96. The summed E-state index contributed by atoms with van der Waals surface area (Å²) >= 11 is 0. The highest BCUT2D eigenvalue weighted by atomic mass is 19.2. The minimum absolute atomic E-state index is 0.0128. The van der Waals surface area contributed by atoms with Crippen molar-refractivity contribution < 1.29 is 46.5 Å². The largest absolute Gasteiger partial charge is 0.493 e. The van der Waals surface area contributed by atoms with Crippen molar-refractivity contribution in [3.63, 3.8) is 0 Å². The molecule has 0 aliphatic carbocycles. The molecule has 0 atom stereocenters. The van der Waals surface area contributed by atoms with E-state index in [1.165, 1.54) is 33.5 Å². The summed E-state index contributed by atoms with van der Waals surface area (Å²) in [6, 6.07) is 4.11. The molecule has 0 aromatic heterocycles. The number of benzene rings is 2. The lowest BCUT2D eigenvalue weighted by molar-refractivity contribution is -0.126. The Morgan fingerprint density at radius 3 is 2.06 bits per heavy atom. The molecule has 0 fully saturated rings. The number of hydrogen-bond donors (Lipinski definition) is 2. The number of hydrogen-bond acceptors (Lipinski definition) is 7. The van der Waals surface area contributed by atoms with E-state index in [9.17, 15) is 27.6 Å². The maximum absolute atomic E-state index is 13.5. The van der Waals surface area contributed by atoms with Gasteiger partial charge in [0, 0.05) is 0 Å². The number of carbonyl (C=O) groups is 3. The zero-order valence-corrected chi connectivity index (χ0v) is 17.2. The molecule has 2 amide bonds. The Kier molecular flexibility index (Phi) is 8.27. The van der Waals surface area contributed by atoms with Crippen LogP contribution in [0.15, 0.2) is 24.3 Å². The van der Waals surface area contributed by atoms with E-state index in [2.05, 4.69) is 5.32 Å². The van der Waals surface area contributed by atoms with Gasteiger partial charge in [-0.1, -0.05) is 0 Å². The molecule has 12 heteroatoms. The Hall–Kier alpha value is -3.96. The molecule has 0 radical (unpaired) electrons. The topological polar surface area (TPSA) is 112 Å². The maximum Gasteiger partial charge on any atom is 0.338 e. The number of rotatable bonds is 9. The van der Waals surface area contributed by atoms with Crippen molar-refractivity contribution in [2.24, 2.45) is 0 Å². The molecule has 0 aliphatic heterocycles. The van der Waals surface area contributed by atoms with Gasteiger partial charge in [-0.05, 0) is 24.3 Å². The minimum atomic E-state index is -1.74. The van der Waals surface area contributed by atoms with Crippen molar-refractivity contribution >= 4 is 23.5 Å². The molecule has 32 heavy (non-hydrogen) atoms. The van der Waals surface area contributed by atoms with E-state index in [1.807, 2.05) is 5.32 Å². The number of ether oxygens (including phenoxy) is 4. The van der Waals surface area contributed by atoms with E-state index >= 15 is 0 Å². The van der Waals surface area contributed by atoms with E-state index in [-0.39, 0.29) is 22.8 Å². The maximum atomic E-state index is 13.5. The fraction of sp³-hybridized carbons (Fsp3) is 0.250. The number of amides is 2. The normalized spacial score (nSPS) is 10.2. The van der Waals surface area contributed by atoms with E-state index in [0.717, 1.165) is 6.07 Å². The summed E-state index contributed by atoms with van der Waals surface area (Å²) in [6.45, 7) is -1.37. The third-order valence-electron chi connectivity index (χ3n) is 3.99. The summed E-state index contributed by atoms with van der Waals surface area (Å²) in [5.74, 6) is -6.72. The van der Waals surface area contributed by atoms with Crippen LogP contribution in [0, 0.1) is 17.5 Å². The van der Waals surface area contributed by atoms with E-state index in [0.29, 0.717) is 6.07 Å². The van der Waals surface area contributed by atoms with Gasteiger partial charge in [0.15, 0.2) is 35.6 Å². The third kappa shape index (κ3) is 5.80. The van der Waals surface area contributed by atoms with Crippen molar-refractivity contribution in [3.05, 3.63) is 47.3 Å². The molecule has 0 heterocycles. The van der Waals surface area contributed by atoms with Gasteiger partial charge in [-0.15, -0.1) is 0 Å². The SMILES string of the molecule is COc1cc(C(=O)OCC(=O)NCC(=O)Nc2ccc(F)c(F)c2F)cc(OC)c1OC. The number of halogens is 3. The number of carbonyl (C=O) groups excluding carboxylic acids is 3. The Morgan fingerprint density at radius 1 is 0.875 bits per heavy atom. The van der Waals surface area contributed by atoms with Crippen LogP contribution in [0.2, 0.25) is 0 Å². The molecule has 2 aromatic rings. The first-order valence-corrected chi connectivity index (χ1v) is 8.89. The van der Waals surface area contributed by atoms with Gasteiger partial charge in [0.1, 0.15) is 0 Å².